The van der Waals surface area contributed by atoms with Gasteiger partial charge >= 0.3 is 11.9 Å². The van der Waals surface area contributed by atoms with E-state index in [1.54, 1.807) is 0 Å². The molecule has 1 aliphatic heterocycles. The Hall–Kier alpha value is -1.72. The minimum Gasteiger partial charge on any atom is -0.870 e. The molecular weight excluding hydrogens is 307 g/mol. The fraction of sp³-hybridized carbons (Fsp3) is 0.231. The Morgan fingerprint density at radius 3 is 2.00 bits per heavy atom. The van der Waals surface area contributed by atoms with Crippen molar-refractivity contribution in [1.29, 1.82) is 0 Å². The summed E-state index contributed by atoms with van der Waals surface area (Å²) < 4.78 is 9.87. The van der Waals surface area contributed by atoms with Crippen LogP contribution in [0.25, 0.3) is 6.08 Å². The molecule has 0 unspecified atom stereocenters. The molecule has 1 aromatic carbocycles. The Morgan fingerprint density at radius 1 is 1.10 bits per heavy atom. The van der Waals surface area contributed by atoms with Crippen molar-refractivity contribution >= 4 is 41.2 Å². The number of cyclic esters (lactones) is 2. The van der Waals surface area contributed by atoms with Crippen LogP contribution in [0.15, 0.2) is 17.7 Å². The molecule has 7 heteroatoms. The maximum absolute atomic E-state index is 11.7. The van der Waals surface area contributed by atoms with Crippen LogP contribution in [0.4, 0.5) is 0 Å². The van der Waals surface area contributed by atoms with Crippen molar-refractivity contribution in [2.24, 2.45) is 0 Å². The molecule has 1 saturated heterocycles. The van der Waals surface area contributed by atoms with Crippen LogP contribution in [-0.2, 0) is 19.1 Å². The molecule has 2 rings (SSSR count). The average Bonchev–Trinajstić information content (AvgIpc) is 2.29. The van der Waals surface area contributed by atoms with Crippen molar-refractivity contribution in [3.8, 4) is 5.75 Å². The number of benzene rings is 1. The number of hydrogen-bond acceptors (Lipinski definition) is 5. The lowest BCUT2D eigenvalue weighted by atomic mass is 10.1. The first-order chi connectivity index (χ1) is 9.19. The maximum atomic E-state index is 11.7. The Kier molecular flexibility index (Phi) is 3.67. The van der Waals surface area contributed by atoms with Crippen LogP contribution in [0, 0.1) is 0 Å². The molecule has 1 aromatic rings. The van der Waals surface area contributed by atoms with Crippen molar-refractivity contribution in [2.75, 3.05) is 0 Å². The molecule has 0 bridgehead atoms. The molecule has 1 heterocycles. The van der Waals surface area contributed by atoms with Gasteiger partial charge in [-0.1, -0.05) is 29.0 Å². The van der Waals surface area contributed by atoms with Crippen molar-refractivity contribution < 1.29 is 24.2 Å². The van der Waals surface area contributed by atoms with Crippen molar-refractivity contribution in [3.05, 3.63) is 33.3 Å². The molecular formula is C13H9Cl2O5-. The average molecular weight is 316 g/mol. The van der Waals surface area contributed by atoms with Gasteiger partial charge in [0.05, 0.1) is 0 Å². The van der Waals surface area contributed by atoms with Crippen LogP contribution >= 0.6 is 23.2 Å². The van der Waals surface area contributed by atoms with Gasteiger partial charge in [0.1, 0.15) is 5.57 Å². The van der Waals surface area contributed by atoms with E-state index in [-0.39, 0.29) is 15.6 Å². The van der Waals surface area contributed by atoms with Gasteiger partial charge in [-0.2, -0.15) is 0 Å². The summed E-state index contributed by atoms with van der Waals surface area (Å²) in [7, 11) is 0. The topological polar surface area (TPSA) is 75.7 Å². The Labute approximate surface area is 124 Å². The zero-order chi connectivity index (χ0) is 15.1. The minimum absolute atomic E-state index is 0.109. The van der Waals surface area contributed by atoms with E-state index >= 15 is 0 Å². The van der Waals surface area contributed by atoms with Crippen LogP contribution in [-0.4, -0.2) is 17.7 Å². The fourth-order valence-electron chi connectivity index (χ4n) is 1.61. The van der Waals surface area contributed by atoms with Crippen molar-refractivity contribution in [3.63, 3.8) is 0 Å². The molecule has 0 spiro atoms. The van der Waals surface area contributed by atoms with E-state index in [0.29, 0.717) is 5.56 Å². The second kappa shape index (κ2) is 5.00. The van der Waals surface area contributed by atoms with Crippen molar-refractivity contribution in [2.45, 2.75) is 19.6 Å². The third-order valence-corrected chi connectivity index (χ3v) is 3.01. The fourth-order valence-corrected chi connectivity index (χ4v) is 2.11. The summed E-state index contributed by atoms with van der Waals surface area (Å²) in [6.07, 6.45) is 1.21. The normalized spacial score (nSPS) is 17.5. The first-order valence-corrected chi connectivity index (χ1v) is 6.29. The summed E-state index contributed by atoms with van der Waals surface area (Å²) in [5.74, 6) is -3.46. The molecule has 0 radical (unpaired) electrons. The lowest BCUT2D eigenvalue weighted by Gasteiger charge is -2.29. The van der Waals surface area contributed by atoms with Gasteiger partial charge < -0.3 is 14.6 Å². The van der Waals surface area contributed by atoms with Crippen molar-refractivity contribution in [1.82, 2.24) is 0 Å². The molecule has 0 saturated carbocycles. The highest BCUT2D eigenvalue weighted by Gasteiger charge is 2.38. The summed E-state index contributed by atoms with van der Waals surface area (Å²) in [6, 6.07) is 2.59. The monoisotopic (exact) mass is 315 g/mol. The van der Waals surface area contributed by atoms with Crippen LogP contribution < -0.4 is 5.11 Å². The Morgan fingerprint density at radius 2 is 1.55 bits per heavy atom. The highest BCUT2D eigenvalue weighted by molar-refractivity contribution is 6.37. The number of carbonyl (C=O) groups excluding carboxylic acids is 2. The van der Waals surface area contributed by atoms with Gasteiger partial charge in [-0.05, 0) is 23.8 Å². The third kappa shape index (κ3) is 2.89. The zero-order valence-corrected chi connectivity index (χ0v) is 12.0. The van der Waals surface area contributed by atoms with Crippen LogP contribution in [0.2, 0.25) is 10.0 Å². The predicted octanol–water partition coefficient (Wildman–Crippen LogP) is 2.29. The third-order valence-electron chi connectivity index (χ3n) is 2.45. The lowest BCUT2D eigenvalue weighted by molar-refractivity contribution is -0.268. The molecule has 1 fully saturated rings. The van der Waals surface area contributed by atoms with Crippen LogP contribution in [0.1, 0.15) is 19.4 Å². The van der Waals surface area contributed by atoms with E-state index in [0.717, 1.165) is 0 Å². The molecule has 20 heavy (non-hydrogen) atoms. The maximum Gasteiger partial charge on any atom is 0.348 e. The van der Waals surface area contributed by atoms with Gasteiger partial charge in [0.2, 0.25) is 0 Å². The van der Waals surface area contributed by atoms with Crippen LogP contribution in [0.3, 0.4) is 0 Å². The summed E-state index contributed by atoms with van der Waals surface area (Å²) in [4.78, 5) is 23.5. The number of carbonyl (C=O) groups is 2. The molecule has 106 valence electrons. The van der Waals surface area contributed by atoms with Gasteiger partial charge in [0.15, 0.2) is 0 Å². The lowest BCUT2D eigenvalue weighted by Crippen LogP contribution is -2.41. The number of esters is 2. The predicted molar refractivity (Wildman–Crippen MR) is 70.1 cm³/mol. The van der Waals surface area contributed by atoms with Crippen LogP contribution in [0.5, 0.6) is 5.75 Å². The SMILES string of the molecule is CC1(C)OC(=O)C(=Cc2cc(Cl)c([O-])c(Cl)c2)C(=O)O1. The molecule has 0 aromatic heterocycles. The van der Waals surface area contributed by atoms with E-state index in [1.165, 1.54) is 32.1 Å². The number of halogens is 2. The van der Waals surface area contributed by atoms with Gasteiger partial charge in [0.25, 0.3) is 5.79 Å². The van der Waals surface area contributed by atoms with E-state index < -0.39 is 23.5 Å². The Balaban J connectivity index is 2.41. The second-order valence-corrected chi connectivity index (χ2v) is 5.36. The molecule has 1 aliphatic rings. The van der Waals surface area contributed by atoms with E-state index in [2.05, 4.69) is 0 Å². The first kappa shape index (κ1) is 14.7. The molecule has 5 nitrogen and oxygen atoms in total. The van der Waals surface area contributed by atoms with Gasteiger partial charge in [-0.25, -0.2) is 9.59 Å². The quantitative estimate of drug-likeness (QED) is 0.451. The summed E-state index contributed by atoms with van der Waals surface area (Å²) >= 11 is 11.4. The smallest absolute Gasteiger partial charge is 0.348 e. The number of hydrogen-bond donors (Lipinski definition) is 0. The first-order valence-electron chi connectivity index (χ1n) is 5.54. The molecule has 0 atom stereocenters. The van der Waals surface area contributed by atoms with E-state index in [4.69, 9.17) is 32.7 Å². The largest absolute Gasteiger partial charge is 0.870 e. The van der Waals surface area contributed by atoms with Gasteiger partial charge in [0, 0.05) is 23.9 Å². The summed E-state index contributed by atoms with van der Waals surface area (Å²) in [5, 5.41) is 11.1. The molecule has 0 N–H and O–H groups in total. The second-order valence-electron chi connectivity index (χ2n) is 4.55. The number of ether oxygens (including phenoxy) is 2. The van der Waals surface area contributed by atoms with E-state index in [1.807, 2.05) is 0 Å². The standard InChI is InChI=1S/C13H10Cl2O5/c1-13(2)19-11(17)7(12(18)20-13)3-6-4-8(14)10(16)9(15)5-6/h3-5,16H,1-2H3/p-1. The zero-order valence-electron chi connectivity index (χ0n) is 10.5. The number of rotatable bonds is 1. The van der Waals surface area contributed by atoms with Gasteiger partial charge in [-0.15, -0.1) is 0 Å². The van der Waals surface area contributed by atoms with E-state index in [9.17, 15) is 14.7 Å². The summed E-state index contributed by atoms with van der Waals surface area (Å²) in [5.41, 5.74) is 0.0262. The van der Waals surface area contributed by atoms with Gasteiger partial charge in [-0.3, -0.25) is 0 Å². The highest BCUT2D eigenvalue weighted by Crippen LogP contribution is 2.32. The minimum atomic E-state index is -1.31. The summed E-state index contributed by atoms with van der Waals surface area (Å²) in [6.45, 7) is 2.89. The Bertz CT molecular complexity index is 589. The highest BCUT2D eigenvalue weighted by atomic mass is 35.5. The molecule has 0 aliphatic carbocycles. The molecule has 0 amide bonds.